The van der Waals surface area contributed by atoms with Gasteiger partial charge in [0.25, 0.3) is 0 Å². The summed E-state index contributed by atoms with van der Waals surface area (Å²) in [6.07, 6.45) is 1.21. The zero-order chi connectivity index (χ0) is 8.55. The van der Waals surface area contributed by atoms with Crippen LogP contribution in [0, 0.1) is 17.2 Å². The Morgan fingerprint density at radius 1 is 1.67 bits per heavy atom. The second-order valence-corrected chi connectivity index (χ2v) is 4.27. The summed E-state index contributed by atoms with van der Waals surface area (Å²) in [5.41, 5.74) is 5.54. The van der Waals surface area contributed by atoms with Gasteiger partial charge in [-0.1, -0.05) is 0 Å². The minimum absolute atomic E-state index is 0.655. The highest BCUT2D eigenvalue weighted by Crippen LogP contribution is 2.48. The molecule has 2 atom stereocenters. The van der Waals surface area contributed by atoms with E-state index in [0.29, 0.717) is 11.8 Å². The lowest BCUT2D eigenvalue weighted by atomic mass is 10.2. The highest BCUT2D eigenvalue weighted by atomic mass is 32.1. The van der Waals surface area contributed by atoms with Gasteiger partial charge in [-0.3, -0.25) is 0 Å². The fourth-order valence-corrected chi connectivity index (χ4v) is 2.48. The Bertz CT molecular complexity index is 324. The maximum Gasteiger partial charge on any atom is 0.110 e. The molecule has 0 bridgehead atoms. The maximum atomic E-state index is 8.61. The van der Waals surface area contributed by atoms with Crippen molar-refractivity contribution >= 4 is 11.3 Å². The van der Waals surface area contributed by atoms with Crippen LogP contribution in [0.2, 0.25) is 0 Å². The fraction of sp³-hybridized carbons (Fsp3) is 0.444. The molecule has 3 heteroatoms. The van der Waals surface area contributed by atoms with Crippen molar-refractivity contribution in [3.63, 3.8) is 0 Å². The molecule has 2 nitrogen and oxygen atoms in total. The first kappa shape index (κ1) is 7.78. The minimum atomic E-state index is 0.655. The monoisotopic (exact) mass is 178 g/mol. The molecule has 2 rings (SSSR count). The topological polar surface area (TPSA) is 49.8 Å². The van der Waals surface area contributed by atoms with E-state index in [1.807, 2.05) is 6.07 Å². The van der Waals surface area contributed by atoms with E-state index in [1.54, 1.807) is 11.3 Å². The van der Waals surface area contributed by atoms with Gasteiger partial charge >= 0.3 is 0 Å². The van der Waals surface area contributed by atoms with Crippen LogP contribution in [0.3, 0.4) is 0 Å². The van der Waals surface area contributed by atoms with Gasteiger partial charge in [0.2, 0.25) is 0 Å². The van der Waals surface area contributed by atoms with Crippen LogP contribution in [0.5, 0.6) is 0 Å². The maximum absolute atomic E-state index is 8.61. The third-order valence-electron chi connectivity index (χ3n) is 2.33. The number of nitrogens with zero attached hydrogens (tertiary/aromatic N) is 1. The molecule has 1 heterocycles. The van der Waals surface area contributed by atoms with Crippen molar-refractivity contribution in [1.29, 1.82) is 5.26 Å². The molecule has 0 radical (unpaired) electrons. The Hall–Kier alpha value is -0.850. The van der Waals surface area contributed by atoms with Crippen LogP contribution in [0.15, 0.2) is 12.1 Å². The summed E-state index contributed by atoms with van der Waals surface area (Å²) >= 11 is 1.61. The van der Waals surface area contributed by atoms with Crippen molar-refractivity contribution in [1.82, 2.24) is 0 Å². The van der Waals surface area contributed by atoms with Gasteiger partial charge in [-0.05, 0) is 36.9 Å². The highest BCUT2D eigenvalue weighted by molar-refractivity contribution is 7.12. The first-order chi connectivity index (χ1) is 5.85. The molecular weight excluding hydrogens is 168 g/mol. The van der Waals surface area contributed by atoms with E-state index in [1.165, 1.54) is 11.3 Å². The molecule has 1 aliphatic carbocycles. The van der Waals surface area contributed by atoms with E-state index in [9.17, 15) is 0 Å². The molecular formula is C9H10N2S. The molecule has 1 aliphatic rings. The zero-order valence-corrected chi connectivity index (χ0v) is 7.47. The van der Waals surface area contributed by atoms with Crippen LogP contribution in [-0.4, -0.2) is 6.54 Å². The van der Waals surface area contributed by atoms with E-state index in [0.717, 1.165) is 11.4 Å². The summed E-state index contributed by atoms with van der Waals surface area (Å²) in [5, 5.41) is 8.61. The third kappa shape index (κ3) is 1.24. The lowest BCUT2D eigenvalue weighted by molar-refractivity contribution is 0.815. The van der Waals surface area contributed by atoms with Gasteiger partial charge in [0, 0.05) is 4.88 Å². The second-order valence-electron chi connectivity index (χ2n) is 3.15. The fourth-order valence-electron chi connectivity index (χ4n) is 1.47. The van der Waals surface area contributed by atoms with E-state index in [-0.39, 0.29) is 0 Å². The van der Waals surface area contributed by atoms with Crippen LogP contribution < -0.4 is 5.73 Å². The average Bonchev–Trinajstić information content (AvgIpc) is 2.75. The molecule has 0 amide bonds. The van der Waals surface area contributed by atoms with E-state index >= 15 is 0 Å². The van der Waals surface area contributed by atoms with Crippen LogP contribution in [0.1, 0.15) is 22.1 Å². The zero-order valence-electron chi connectivity index (χ0n) is 6.66. The summed E-state index contributed by atoms with van der Waals surface area (Å²) in [6, 6.07) is 6.10. The van der Waals surface area contributed by atoms with Crippen molar-refractivity contribution in [2.45, 2.75) is 12.3 Å². The largest absolute Gasteiger partial charge is 0.330 e. The van der Waals surface area contributed by atoms with Crippen molar-refractivity contribution in [2.24, 2.45) is 11.7 Å². The van der Waals surface area contributed by atoms with Crippen LogP contribution in [0.25, 0.3) is 0 Å². The Kier molecular flexibility index (Phi) is 1.87. The number of thiophene rings is 1. The molecule has 0 saturated heterocycles. The molecule has 0 unspecified atom stereocenters. The molecule has 0 spiro atoms. The summed E-state index contributed by atoms with van der Waals surface area (Å²) in [7, 11) is 0. The van der Waals surface area contributed by atoms with Crippen LogP contribution in [0.4, 0.5) is 0 Å². The third-order valence-corrected chi connectivity index (χ3v) is 3.45. The molecule has 1 aromatic rings. The van der Waals surface area contributed by atoms with Crippen LogP contribution in [-0.2, 0) is 0 Å². The summed E-state index contributed by atoms with van der Waals surface area (Å²) < 4.78 is 0. The van der Waals surface area contributed by atoms with Gasteiger partial charge in [-0.2, -0.15) is 5.26 Å². The lowest BCUT2D eigenvalue weighted by Crippen LogP contribution is -2.01. The van der Waals surface area contributed by atoms with Crippen molar-refractivity contribution in [2.75, 3.05) is 6.54 Å². The number of nitriles is 1. The molecule has 0 aromatic carbocycles. The second kappa shape index (κ2) is 2.89. The Labute approximate surface area is 75.6 Å². The molecule has 12 heavy (non-hydrogen) atoms. The number of nitrogens with two attached hydrogens (primary N) is 1. The van der Waals surface area contributed by atoms with E-state index < -0.39 is 0 Å². The molecule has 2 N–H and O–H groups in total. The predicted octanol–water partition coefficient (Wildman–Crippen LogP) is 1.68. The summed E-state index contributed by atoms with van der Waals surface area (Å²) in [5.74, 6) is 1.33. The molecule has 0 aliphatic heterocycles. The molecule has 1 saturated carbocycles. The number of hydrogen-bond acceptors (Lipinski definition) is 3. The van der Waals surface area contributed by atoms with Crippen molar-refractivity contribution in [3.8, 4) is 6.07 Å². The number of rotatable bonds is 2. The first-order valence-corrected chi connectivity index (χ1v) is 4.86. The van der Waals surface area contributed by atoms with Gasteiger partial charge in [0.05, 0.1) is 0 Å². The Morgan fingerprint density at radius 2 is 2.50 bits per heavy atom. The lowest BCUT2D eigenvalue weighted by Gasteiger charge is -1.90. The van der Waals surface area contributed by atoms with Crippen molar-refractivity contribution in [3.05, 3.63) is 21.9 Å². The minimum Gasteiger partial charge on any atom is -0.330 e. The van der Waals surface area contributed by atoms with Crippen LogP contribution >= 0.6 is 11.3 Å². The number of hydrogen-bond donors (Lipinski definition) is 1. The average molecular weight is 178 g/mol. The molecule has 1 fully saturated rings. The van der Waals surface area contributed by atoms with Gasteiger partial charge < -0.3 is 5.73 Å². The Balaban J connectivity index is 2.11. The summed E-state index contributed by atoms with van der Waals surface area (Å²) in [4.78, 5) is 2.15. The van der Waals surface area contributed by atoms with Gasteiger partial charge in [0.1, 0.15) is 10.9 Å². The van der Waals surface area contributed by atoms with E-state index in [2.05, 4.69) is 12.1 Å². The highest BCUT2D eigenvalue weighted by Gasteiger charge is 2.37. The summed E-state index contributed by atoms with van der Waals surface area (Å²) in [6.45, 7) is 0.782. The smallest absolute Gasteiger partial charge is 0.110 e. The normalized spacial score (nSPS) is 26.7. The van der Waals surface area contributed by atoms with Gasteiger partial charge in [0.15, 0.2) is 0 Å². The van der Waals surface area contributed by atoms with Crippen molar-refractivity contribution < 1.29 is 0 Å². The molecule has 1 aromatic heterocycles. The Morgan fingerprint density at radius 3 is 3.00 bits per heavy atom. The van der Waals surface area contributed by atoms with Gasteiger partial charge in [-0.25, -0.2) is 0 Å². The first-order valence-electron chi connectivity index (χ1n) is 4.05. The predicted molar refractivity (Wildman–Crippen MR) is 48.9 cm³/mol. The SMILES string of the molecule is N#Cc1ccc([C@@H]2C[C@H]2CN)s1. The standard InChI is InChI=1S/C9H10N2S/c10-4-6-3-8(6)9-2-1-7(5-11)12-9/h1-2,6,8H,3-4,10H2/t6-,8+/m0/s1. The van der Waals surface area contributed by atoms with Gasteiger partial charge in [-0.15, -0.1) is 11.3 Å². The van der Waals surface area contributed by atoms with E-state index in [4.69, 9.17) is 11.0 Å². The quantitative estimate of drug-likeness (QED) is 0.749. The molecule has 62 valence electrons.